The van der Waals surface area contributed by atoms with Gasteiger partial charge in [-0.05, 0) is 54.8 Å². The molecule has 0 aromatic heterocycles. The Bertz CT molecular complexity index is 1350. The number of aliphatic hydroxyl groups is 1. The van der Waals surface area contributed by atoms with Gasteiger partial charge in [-0.3, -0.25) is 14.5 Å². The average molecular weight is 569 g/mol. The number of imide groups is 1. The largest absolute Gasteiger partial charge is 0.392 e. The van der Waals surface area contributed by atoms with E-state index in [4.69, 9.17) is 9.47 Å². The third-order valence-electron chi connectivity index (χ3n) is 8.98. The summed E-state index contributed by atoms with van der Waals surface area (Å²) < 4.78 is 13.3. The van der Waals surface area contributed by atoms with Crippen molar-refractivity contribution < 1.29 is 24.2 Å². The zero-order valence-corrected chi connectivity index (χ0v) is 24.3. The lowest BCUT2D eigenvalue weighted by Gasteiger charge is -2.43. The van der Waals surface area contributed by atoms with Crippen molar-refractivity contribution in [2.75, 3.05) is 19.6 Å². The minimum absolute atomic E-state index is 0.0104. The highest BCUT2D eigenvalue weighted by Crippen LogP contribution is 2.42. The van der Waals surface area contributed by atoms with Gasteiger partial charge in [0.05, 0.1) is 36.5 Å². The van der Waals surface area contributed by atoms with Crippen molar-refractivity contribution in [1.29, 1.82) is 0 Å². The number of carbonyl (C=O) groups is 2. The fraction of sp³-hybridized carbons (Fsp3) is 0.429. The molecule has 2 fully saturated rings. The standard InChI is InChI=1S/C35H40N2O5/c1-24-31(22-36-19-7-3-2-4-8-20-36)41-35(42-32(24)27-15-13-26(23-38)14-16-27)28-17-11-25(12-18-28)21-37-33(39)29-9-5-6-10-30(29)34(37)40/h5-6,9-18,24,31-32,35,38H,2-4,7-8,19-23H2,1H3/t24-,31+,32+,35+/m0/s1. The lowest BCUT2D eigenvalue weighted by Crippen LogP contribution is -2.45. The van der Waals surface area contributed by atoms with E-state index in [9.17, 15) is 14.7 Å². The van der Waals surface area contributed by atoms with Crippen molar-refractivity contribution in [1.82, 2.24) is 9.80 Å². The first-order chi connectivity index (χ1) is 20.5. The summed E-state index contributed by atoms with van der Waals surface area (Å²) in [4.78, 5) is 29.6. The van der Waals surface area contributed by atoms with Gasteiger partial charge in [-0.1, -0.05) is 86.8 Å². The van der Waals surface area contributed by atoms with Crippen LogP contribution in [0.3, 0.4) is 0 Å². The van der Waals surface area contributed by atoms with Gasteiger partial charge >= 0.3 is 0 Å². The molecule has 3 aromatic carbocycles. The molecule has 0 aliphatic carbocycles. The van der Waals surface area contributed by atoms with Gasteiger partial charge in [-0.2, -0.15) is 0 Å². The van der Waals surface area contributed by atoms with E-state index < -0.39 is 6.29 Å². The molecule has 7 heteroatoms. The highest BCUT2D eigenvalue weighted by molar-refractivity contribution is 6.21. The molecular formula is C35H40N2O5. The summed E-state index contributed by atoms with van der Waals surface area (Å²) in [5, 5.41) is 9.54. The molecule has 4 atom stereocenters. The number of hydrogen-bond acceptors (Lipinski definition) is 6. The zero-order chi connectivity index (χ0) is 29.1. The van der Waals surface area contributed by atoms with Crippen LogP contribution in [0.5, 0.6) is 0 Å². The number of benzene rings is 3. The van der Waals surface area contributed by atoms with Crippen LogP contribution in [0, 0.1) is 5.92 Å². The molecular weight excluding hydrogens is 528 g/mol. The van der Waals surface area contributed by atoms with Gasteiger partial charge in [0.15, 0.2) is 6.29 Å². The molecule has 0 radical (unpaired) electrons. The van der Waals surface area contributed by atoms with Crippen molar-refractivity contribution in [2.45, 2.75) is 70.7 Å². The highest BCUT2D eigenvalue weighted by Gasteiger charge is 2.39. The predicted octanol–water partition coefficient (Wildman–Crippen LogP) is 6.03. The lowest BCUT2D eigenvalue weighted by atomic mass is 9.89. The van der Waals surface area contributed by atoms with E-state index in [1.165, 1.54) is 37.0 Å². The molecule has 0 saturated carbocycles. The van der Waals surface area contributed by atoms with Crippen molar-refractivity contribution >= 4 is 11.8 Å². The third-order valence-corrected chi connectivity index (χ3v) is 8.98. The maximum Gasteiger partial charge on any atom is 0.261 e. The number of likely N-dealkylation sites (tertiary alicyclic amines) is 1. The van der Waals surface area contributed by atoms with E-state index in [0.717, 1.165) is 41.9 Å². The molecule has 2 saturated heterocycles. The molecule has 6 rings (SSSR count). The van der Waals surface area contributed by atoms with Crippen LogP contribution < -0.4 is 0 Å². The predicted molar refractivity (Wildman–Crippen MR) is 160 cm³/mol. The molecule has 42 heavy (non-hydrogen) atoms. The van der Waals surface area contributed by atoms with E-state index in [2.05, 4.69) is 11.8 Å². The van der Waals surface area contributed by atoms with Gasteiger partial charge < -0.3 is 19.5 Å². The summed E-state index contributed by atoms with van der Waals surface area (Å²) >= 11 is 0. The molecule has 0 unspecified atom stereocenters. The van der Waals surface area contributed by atoms with Crippen LogP contribution >= 0.6 is 0 Å². The molecule has 2 amide bonds. The number of amides is 2. The maximum absolute atomic E-state index is 12.9. The Labute approximate surface area is 248 Å². The van der Waals surface area contributed by atoms with Gasteiger partial charge in [0.25, 0.3) is 11.8 Å². The molecule has 3 aliphatic rings. The van der Waals surface area contributed by atoms with Crippen LogP contribution in [0.2, 0.25) is 0 Å². The summed E-state index contributed by atoms with van der Waals surface area (Å²) in [6, 6.07) is 22.8. The Morgan fingerprint density at radius 1 is 0.738 bits per heavy atom. The van der Waals surface area contributed by atoms with Gasteiger partial charge in [0.1, 0.15) is 0 Å². The quantitative estimate of drug-likeness (QED) is 0.351. The van der Waals surface area contributed by atoms with Crippen molar-refractivity contribution in [3.05, 3.63) is 106 Å². The summed E-state index contributed by atoms with van der Waals surface area (Å²) in [6.07, 6.45) is 5.64. The van der Waals surface area contributed by atoms with Gasteiger partial charge in [-0.15, -0.1) is 0 Å². The number of rotatable bonds is 7. The van der Waals surface area contributed by atoms with Crippen LogP contribution in [-0.2, 0) is 22.6 Å². The Morgan fingerprint density at radius 2 is 1.31 bits per heavy atom. The molecule has 3 heterocycles. The number of nitrogens with zero attached hydrogens (tertiary/aromatic N) is 2. The van der Waals surface area contributed by atoms with Crippen LogP contribution in [0.15, 0.2) is 72.8 Å². The lowest BCUT2D eigenvalue weighted by molar-refractivity contribution is -0.276. The fourth-order valence-corrected chi connectivity index (χ4v) is 6.42. The summed E-state index contributed by atoms with van der Waals surface area (Å²) in [5.74, 6) is -0.371. The topological polar surface area (TPSA) is 79.3 Å². The molecule has 3 aromatic rings. The van der Waals surface area contributed by atoms with E-state index in [-0.39, 0.29) is 43.1 Å². The SMILES string of the molecule is C[C@H]1[C@@H](CN2CCCCCCC2)O[C@@H](c2ccc(CN3C(=O)c4ccccc4C3=O)cc2)O[C@H]1c1ccc(CO)cc1. The summed E-state index contributed by atoms with van der Waals surface area (Å²) in [6.45, 7) is 5.50. The van der Waals surface area contributed by atoms with Crippen molar-refractivity contribution in [2.24, 2.45) is 5.92 Å². The minimum atomic E-state index is -0.545. The second kappa shape index (κ2) is 12.9. The van der Waals surface area contributed by atoms with Crippen LogP contribution in [0.25, 0.3) is 0 Å². The van der Waals surface area contributed by atoms with E-state index in [0.29, 0.717) is 11.1 Å². The Kier molecular flexibility index (Phi) is 8.81. The van der Waals surface area contributed by atoms with Gasteiger partial charge in [0, 0.05) is 18.0 Å². The first-order valence-electron chi connectivity index (χ1n) is 15.3. The average Bonchev–Trinajstić information content (AvgIpc) is 3.24. The van der Waals surface area contributed by atoms with Gasteiger partial charge in [-0.25, -0.2) is 0 Å². The Balaban J connectivity index is 1.20. The zero-order valence-electron chi connectivity index (χ0n) is 24.3. The summed E-state index contributed by atoms with van der Waals surface area (Å²) in [7, 11) is 0. The number of fused-ring (bicyclic) bond motifs is 1. The van der Waals surface area contributed by atoms with E-state index in [1.54, 1.807) is 24.3 Å². The van der Waals surface area contributed by atoms with E-state index in [1.807, 2.05) is 48.5 Å². The van der Waals surface area contributed by atoms with Gasteiger partial charge in [0.2, 0.25) is 0 Å². The maximum atomic E-state index is 12.9. The highest BCUT2D eigenvalue weighted by atomic mass is 16.7. The molecule has 0 bridgehead atoms. The fourth-order valence-electron chi connectivity index (χ4n) is 6.42. The number of ether oxygens (including phenoxy) is 2. The Hall–Kier alpha value is -3.36. The Morgan fingerprint density at radius 3 is 1.93 bits per heavy atom. The first-order valence-corrected chi connectivity index (χ1v) is 15.3. The normalized spacial score (nSPS) is 25.2. The minimum Gasteiger partial charge on any atom is -0.392 e. The number of aliphatic hydroxyl groups excluding tert-OH is 1. The monoisotopic (exact) mass is 568 g/mol. The van der Waals surface area contributed by atoms with E-state index >= 15 is 0 Å². The van der Waals surface area contributed by atoms with Crippen LogP contribution in [-0.4, -0.2) is 52.5 Å². The smallest absolute Gasteiger partial charge is 0.261 e. The molecule has 0 spiro atoms. The van der Waals surface area contributed by atoms with Crippen LogP contribution in [0.4, 0.5) is 0 Å². The molecule has 220 valence electrons. The second-order valence-corrected chi connectivity index (χ2v) is 11.9. The summed E-state index contributed by atoms with van der Waals surface area (Å²) in [5.41, 5.74) is 4.64. The molecule has 7 nitrogen and oxygen atoms in total. The van der Waals surface area contributed by atoms with Crippen molar-refractivity contribution in [3.63, 3.8) is 0 Å². The number of hydrogen-bond donors (Lipinski definition) is 1. The first kappa shape index (κ1) is 28.7. The second-order valence-electron chi connectivity index (χ2n) is 11.9. The van der Waals surface area contributed by atoms with Crippen LogP contribution in [0.1, 0.15) is 94.4 Å². The molecule has 3 aliphatic heterocycles. The third kappa shape index (κ3) is 6.06. The molecule has 1 N–H and O–H groups in total. The van der Waals surface area contributed by atoms with Crippen molar-refractivity contribution in [3.8, 4) is 0 Å². The number of carbonyl (C=O) groups excluding carboxylic acids is 2.